The van der Waals surface area contributed by atoms with Crippen LogP contribution in [-0.2, 0) is 9.53 Å². The lowest BCUT2D eigenvalue weighted by atomic mass is 9.84. The maximum absolute atomic E-state index is 11.8. The van der Waals surface area contributed by atoms with Crippen LogP contribution in [0.5, 0.6) is 0 Å². The summed E-state index contributed by atoms with van der Waals surface area (Å²) < 4.78 is 4.90. The van der Waals surface area contributed by atoms with Crippen molar-refractivity contribution in [3.8, 4) is 0 Å². The van der Waals surface area contributed by atoms with Crippen LogP contribution in [0.15, 0.2) is 0 Å². The zero-order valence-corrected chi connectivity index (χ0v) is 14.4. The highest BCUT2D eigenvalue weighted by Gasteiger charge is 2.24. The van der Waals surface area contributed by atoms with Crippen LogP contribution in [0, 0.1) is 5.92 Å². The van der Waals surface area contributed by atoms with Crippen molar-refractivity contribution in [3.05, 3.63) is 0 Å². The van der Waals surface area contributed by atoms with Crippen LogP contribution >= 0.6 is 0 Å². The Hall–Kier alpha value is -0.610. The molecule has 1 fully saturated rings. The molecule has 0 spiro atoms. The molecule has 0 aromatic carbocycles. The Labute approximate surface area is 130 Å². The summed E-state index contributed by atoms with van der Waals surface area (Å²) in [6.45, 7) is 6.23. The van der Waals surface area contributed by atoms with E-state index in [9.17, 15) is 4.79 Å². The molecule has 124 valence electrons. The standard InChI is InChI=1S/C17H34N2O2/c1-5-12-18-16(17(20)21-4)11-13-19(3)15-9-7-14(6-2)8-10-15/h14-16,18H,5-13H2,1-4H3. The summed E-state index contributed by atoms with van der Waals surface area (Å²) in [5.74, 6) is 0.801. The van der Waals surface area contributed by atoms with Crippen LogP contribution in [0.2, 0.25) is 0 Å². The third-order valence-corrected chi connectivity index (χ3v) is 4.91. The fourth-order valence-electron chi connectivity index (χ4n) is 3.27. The summed E-state index contributed by atoms with van der Waals surface area (Å²) in [5.41, 5.74) is 0. The number of carbonyl (C=O) groups excluding carboxylic acids is 1. The molecule has 1 rings (SSSR count). The summed E-state index contributed by atoms with van der Waals surface area (Å²) in [7, 11) is 3.67. The van der Waals surface area contributed by atoms with E-state index in [2.05, 4.69) is 31.1 Å². The smallest absolute Gasteiger partial charge is 0.322 e. The van der Waals surface area contributed by atoms with Crippen LogP contribution in [0.1, 0.15) is 58.8 Å². The Morgan fingerprint density at radius 2 is 1.95 bits per heavy atom. The van der Waals surface area contributed by atoms with E-state index in [1.54, 1.807) is 0 Å². The number of nitrogens with zero attached hydrogens (tertiary/aromatic N) is 1. The Morgan fingerprint density at radius 3 is 2.48 bits per heavy atom. The first kappa shape index (κ1) is 18.4. The third-order valence-electron chi connectivity index (χ3n) is 4.91. The van der Waals surface area contributed by atoms with Crippen molar-refractivity contribution >= 4 is 5.97 Å². The number of rotatable bonds is 9. The van der Waals surface area contributed by atoms with Crippen LogP contribution in [-0.4, -0.2) is 50.2 Å². The highest BCUT2D eigenvalue weighted by atomic mass is 16.5. The molecule has 0 aromatic rings. The van der Waals surface area contributed by atoms with Gasteiger partial charge in [-0.15, -0.1) is 0 Å². The number of methoxy groups -OCH3 is 1. The molecule has 1 aliphatic carbocycles. The van der Waals surface area contributed by atoms with Gasteiger partial charge in [0.25, 0.3) is 0 Å². The number of esters is 1. The molecule has 0 aliphatic heterocycles. The maximum Gasteiger partial charge on any atom is 0.322 e. The molecule has 4 nitrogen and oxygen atoms in total. The van der Waals surface area contributed by atoms with Gasteiger partial charge in [-0.2, -0.15) is 0 Å². The summed E-state index contributed by atoms with van der Waals surface area (Å²) in [5, 5.41) is 3.29. The van der Waals surface area contributed by atoms with Crippen molar-refractivity contribution in [2.24, 2.45) is 5.92 Å². The van der Waals surface area contributed by atoms with Crippen LogP contribution in [0.25, 0.3) is 0 Å². The number of carbonyl (C=O) groups is 1. The highest BCUT2D eigenvalue weighted by molar-refractivity contribution is 5.75. The molecular weight excluding hydrogens is 264 g/mol. The summed E-state index contributed by atoms with van der Waals surface area (Å²) in [6, 6.07) is 0.529. The van der Waals surface area contributed by atoms with Gasteiger partial charge in [-0.05, 0) is 58.0 Å². The summed E-state index contributed by atoms with van der Waals surface area (Å²) >= 11 is 0. The molecule has 0 bridgehead atoms. The number of hydrogen-bond donors (Lipinski definition) is 1. The molecule has 4 heteroatoms. The first-order valence-corrected chi connectivity index (χ1v) is 8.63. The van der Waals surface area contributed by atoms with Crippen molar-refractivity contribution in [2.75, 3.05) is 27.2 Å². The minimum Gasteiger partial charge on any atom is -0.468 e. The summed E-state index contributed by atoms with van der Waals surface area (Å²) in [6.07, 6.45) is 8.52. The van der Waals surface area contributed by atoms with Crippen molar-refractivity contribution in [1.29, 1.82) is 0 Å². The van der Waals surface area contributed by atoms with Crippen molar-refractivity contribution in [3.63, 3.8) is 0 Å². The van der Waals surface area contributed by atoms with Crippen LogP contribution in [0.4, 0.5) is 0 Å². The molecular formula is C17H34N2O2. The third kappa shape index (κ3) is 6.35. The number of ether oxygens (including phenoxy) is 1. The van der Waals surface area contributed by atoms with Crippen molar-refractivity contribution in [1.82, 2.24) is 10.2 Å². The second kappa shape index (κ2) is 10.2. The molecule has 0 aromatic heterocycles. The van der Waals surface area contributed by atoms with Gasteiger partial charge in [0, 0.05) is 12.6 Å². The van der Waals surface area contributed by atoms with Gasteiger partial charge in [0.2, 0.25) is 0 Å². The molecule has 21 heavy (non-hydrogen) atoms. The average molecular weight is 298 g/mol. The second-order valence-corrected chi connectivity index (χ2v) is 6.38. The fraction of sp³-hybridized carbons (Fsp3) is 0.941. The molecule has 1 atom stereocenters. The predicted octanol–water partition coefficient (Wildman–Crippen LogP) is 2.82. The van der Waals surface area contributed by atoms with Gasteiger partial charge in [0.15, 0.2) is 0 Å². The van der Waals surface area contributed by atoms with Crippen LogP contribution < -0.4 is 5.32 Å². The maximum atomic E-state index is 11.8. The molecule has 1 unspecified atom stereocenters. The van der Waals surface area contributed by atoms with Gasteiger partial charge >= 0.3 is 5.97 Å². The minimum absolute atomic E-state index is 0.133. The Kier molecular flexibility index (Phi) is 8.93. The molecule has 1 N–H and O–H groups in total. The highest BCUT2D eigenvalue weighted by Crippen LogP contribution is 2.28. The largest absolute Gasteiger partial charge is 0.468 e. The number of hydrogen-bond acceptors (Lipinski definition) is 4. The van der Waals surface area contributed by atoms with E-state index >= 15 is 0 Å². The Morgan fingerprint density at radius 1 is 1.29 bits per heavy atom. The topological polar surface area (TPSA) is 41.6 Å². The molecule has 0 saturated heterocycles. The second-order valence-electron chi connectivity index (χ2n) is 6.38. The fourth-order valence-corrected chi connectivity index (χ4v) is 3.27. The van der Waals surface area contributed by atoms with E-state index in [0.29, 0.717) is 6.04 Å². The SMILES string of the molecule is CCCNC(CCN(C)C1CCC(CC)CC1)C(=O)OC. The predicted molar refractivity (Wildman–Crippen MR) is 87.4 cm³/mol. The van der Waals surface area contributed by atoms with Gasteiger partial charge in [0.1, 0.15) is 6.04 Å². The van der Waals surface area contributed by atoms with Crippen LogP contribution in [0.3, 0.4) is 0 Å². The van der Waals surface area contributed by atoms with E-state index in [1.807, 2.05) is 0 Å². The zero-order chi connectivity index (χ0) is 15.7. The van der Waals surface area contributed by atoms with Gasteiger partial charge in [0.05, 0.1) is 7.11 Å². The van der Waals surface area contributed by atoms with Gasteiger partial charge in [-0.25, -0.2) is 0 Å². The van der Waals surface area contributed by atoms with Crippen molar-refractivity contribution < 1.29 is 9.53 Å². The first-order valence-electron chi connectivity index (χ1n) is 8.63. The molecule has 1 aliphatic rings. The number of nitrogens with one attached hydrogen (secondary N) is 1. The zero-order valence-electron chi connectivity index (χ0n) is 14.4. The van der Waals surface area contributed by atoms with E-state index in [4.69, 9.17) is 4.74 Å². The monoisotopic (exact) mass is 298 g/mol. The van der Waals surface area contributed by atoms with Gasteiger partial charge in [-0.3, -0.25) is 4.79 Å². The quantitative estimate of drug-likeness (QED) is 0.665. The average Bonchev–Trinajstić information content (AvgIpc) is 2.54. The first-order chi connectivity index (χ1) is 10.1. The Bertz CT molecular complexity index is 289. The molecule has 0 amide bonds. The lowest BCUT2D eigenvalue weighted by molar-refractivity contribution is -0.143. The van der Waals surface area contributed by atoms with E-state index in [0.717, 1.165) is 31.8 Å². The minimum atomic E-state index is -0.163. The van der Waals surface area contributed by atoms with Gasteiger partial charge in [-0.1, -0.05) is 20.3 Å². The molecule has 0 heterocycles. The Balaban J connectivity index is 2.35. The van der Waals surface area contributed by atoms with Crippen molar-refractivity contribution in [2.45, 2.75) is 70.9 Å². The molecule has 0 radical (unpaired) electrons. The van der Waals surface area contributed by atoms with Gasteiger partial charge < -0.3 is 15.0 Å². The van der Waals surface area contributed by atoms with E-state index < -0.39 is 0 Å². The van der Waals surface area contributed by atoms with E-state index in [1.165, 1.54) is 39.2 Å². The lowest BCUT2D eigenvalue weighted by Crippen LogP contribution is -2.43. The summed E-state index contributed by atoms with van der Waals surface area (Å²) in [4.78, 5) is 14.2. The van der Waals surface area contributed by atoms with E-state index in [-0.39, 0.29) is 12.0 Å². The lowest BCUT2D eigenvalue weighted by Gasteiger charge is -2.35. The normalized spacial score (nSPS) is 24.0. The molecule has 1 saturated carbocycles.